The summed E-state index contributed by atoms with van der Waals surface area (Å²) >= 11 is 0. The number of hydrogen-bond acceptors (Lipinski definition) is 4. The van der Waals surface area contributed by atoms with Crippen LogP contribution in [0.25, 0.3) is 0 Å². The number of unbranched alkanes of at least 4 members (excludes halogenated alkanes) is 1. The van der Waals surface area contributed by atoms with Crippen molar-refractivity contribution in [2.45, 2.75) is 44.4 Å². The molecule has 140 valence electrons. The largest absolute Gasteiger partial charge is 0.494 e. The summed E-state index contributed by atoms with van der Waals surface area (Å²) in [7, 11) is -3.53. The van der Waals surface area contributed by atoms with Crippen molar-refractivity contribution < 1.29 is 17.9 Å². The lowest BCUT2D eigenvalue weighted by Crippen LogP contribution is -2.50. The third kappa shape index (κ3) is 5.19. The molecule has 1 aliphatic rings. The number of sulfonamides is 1. The van der Waals surface area contributed by atoms with Crippen LogP contribution >= 0.6 is 0 Å². The topological polar surface area (TPSA) is 66.9 Å². The number of piperazine rings is 1. The zero-order valence-corrected chi connectivity index (χ0v) is 15.9. The number of ether oxygens (including phenoxy) is 1. The minimum atomic E-state index is -3.53. The first kappa shape index (κ1) is 19.7. The number of amides is 1. The van der Waals surface area contributed by atoms with E-state index in [4.69, 9.17) is 4.74 Å². The molecule has 1 amide bonds. The number of hydrogen-bond donors (Lipinski definition) is 0. The van der Waals surface area contributed by atoms with Gasteiger partial charge in [0, 0.05) is 32.6 Å². The van der Waals surface area contributed by atoms with Crippen LogP contribution in [0.5, 0.6) is 5.75 Å². The van der Waals surface area contributed by atoms with Crippen LogP contribution in [0.4, 0.5) is 0 Å². The Bertz CT molecular complexity index is 650. The molecule has 1 aliphatic heterocycles. The third-order valence-electron chi connectivity index (χ3n) is 4.27. The molecule has 0 bridgehead atoms. The Balaban J connectivity index is 1.96. The average Bonchev–Trinajstić information content (AvgIpc) is 2.64. The van der Waals surface area contributed by atoms with Gasteiger partial charge in [0.15, 0.2) is 0 Å². The first-order valence-corrected chi connectivity index (χ1v) is 10.4. The quantitative estimate of drug-likeness (QED) is 0.707. The van der Waals surface area contributed by atoms with Gasteiger partial charge in [-0.15, -0.1) is 0 Å². The Morgan fingerprint density at radius 1 is 1.04 bits per heavy atom. The fraction of sp³-hybridized carbons (Fsp3) is 0.611. The monoisotopic (exact) mass is 368 g/mol. The fourth-order valence-corrected chi connectivity index (χ4v) is 4.16. The van der Waals surface area contributed by atoms with Gasteiger partial charge in [-0.25, -0.2) is 8.42 Å². The van der Waals surface area contributed by atoms with Crippen LogP contribution < -0.4 is 4.74 Å². The van der Waals surface area contributed by atoms with Crippen molar-refractivity contribution in [2.24, 2.45) is 0 Å². The van der Waals surface area contributed by atoms with Crippen LogP contribution in [0, 0.1) is 0 Å². The number of carbonyl (C=O) groups is 1. The van der Waals surface area contributed by atoms with Crippen molar-refractivity contribution in [3.63, 3.8) is 0 Å². The summed E-state index contributed by atoms with van der Waals surface area (Å²) in [5.41, 5.74) is 0. The lowest BCUT2D eigenvalue weighted by Gasteiger charge is -2.34. The van der Waals surface area contributed by atoms with Crippen molar-refractivity contribution in [3.05, 3.63) is 24.3 Å². The molecule has 7 heteroatoms. The molecule has 1 fully saturated rings. The van der Waals surface area contributed by atoms with E-state index in [1.807, 2.05) is 6.92 Å². The van der Waals surface area contributed by atoms with Crippen LogP contribution in [-0.4, -0.2) is 56.3 Å². The molecule has 1 heterocycles. The first-order valence-electron chi connectivity index (χ1n) is 8.99. The van der Waals surface area contributed by atoms with E-state index in [0.29, 0.717) is 45.0 Å². The Kier molecular flexibility index (Phi) is 7.25. The molecule has 1 saturated heterocycles. The maximum Gasteiger partial charge on any atom is 0.243 e. The van der Waals surface area contributed by atoms with Gasteiger partial charge in [0.2, 0.25) is 15.9 Å². The molecule has 0 saturated carbocycles. The molecule has 25 heavy (non-hydrogen) atoms. The highest BCUT2D eigenvalue weighted by Crippen LogP contribution is 2.21. The predicted octanol–water partition coefficient (Wildman–Crippen LogP) is 2.50. The van der Waals surface area contributed by atoms with E-state index >= 15 is 0 Å². The molecular formula is C18H28N2O4S. The number of benzene rings is 1. The van der Waals surface area contributed by atoms with E-state index in [1.165, 1.54) is 4.31 Å². The second kappa shape index (κ2) is 9.20. The van der Waals surface area contributed by atoms with Crippen LogP contribution in [0.2, 0.25) is 0 Å². The molecule has 1 aromatic rings. The normalized spacial score (nSPS) is 16.0. The van der Waals surface area contributed by atoms with Crippen LogP contribution in [0.1, 0.15) is 39.5 Å². The van der Waals surface area contributed by atoms with Gasteiger partial charge < -0.3 is 9.64 Å². The maximum atomic E-state index is 12.7. The van der Waals surface area contributed by atoms with Gasteiger partial charge in [-0.1, -0.05) is 20.3 Å². The predicted molar refractivity (Wildman–Crippen MR) is 97.1 cm³/mol. The minimum Gasteiger partial charge on any atom is -0.494 e. The fourth-order valence-electron chi connectivity index (χ4n) is 2.74. The lowest BCUT2D eigenvalue weighted by molar-refractivity contribution is -0.132. The molecule has 0 aromatic heterocycles. The summed E-state index contributed by atoms with van der Waals surface area (Å²) in [5, 5.41) is 0. The molecule has 1 aromatic carbocycles. The second-order valence-corrected chi connectivity index (χ2v) is 8.15. The van der Waals surface area contributed by atoms with Gasteiger partial charge in [-0.2, -0.15) is 4.31 Å². The maximum absolute atomic E-state index is 12.7. The van der Waals surface area contributed by atoms with E-state index < -0.39 is 10.0 Å². The summed E-state index contributed by atoms with van der Waals surface area (Å²) < 4.78 is 32.4. The van der Waals surface area contributed by atoms with Crippen molar-refractivity contribution >= 4 is 15.9 Å². The van der Waals surface area contributed by atoms with Gasteiger partial charge in [-0.05, 0) is 37.1 Å². The van der Waals surface area contributed by atoms with Gasteiger partial charge in [-0.3, -0.25) is 4.79 Å². The average molecular weight is 368 g/mol. The number of nitrogens with zero attached hydrogens (tertiary/aromatic N) is 2. The minimum absolute atomic E-state index is 0.122. The molecule has 0 aliphatic carbocycles. The third-order valence-corrected chi connectivity index (χ3v) is 6.18. The molecule has 0 unspecified atom stereocenters. The van der Waals surface area contributed by atoms with Crippen molar-refractivity contribution in [1.29, 1.82) is 0 Å². The highest BCUT2D eigenvalue weighted by atomic mass is 32.2. The number of rotatable bonds is 8. The summed E-state index contributed by atoms with van der Waals surface area (Å²) in [6, 6.07) is 6.54. The molecule has 2 rings (SSSR count). The second-order valence-electron chi connectivity index (χ2n) is 6.21. The van der Waals surface area contributed by atoms with Gasteiger partial charge in [0.25, 0.3) is 0 Å². The molecule has 0 N–H and O–H groups in total. The summed E-state index contributed by atoms with van der Waals surface area (Å²) in [6.07, 6.45) is 3.31. The van der Waals surface area contributed by atoms with Crippen LogP contribution in [0.3, 0.4) is 0 Å². The van der Waals surface area contributed by atoms with E-state index in [1.54, 1.807) is 29.2 Å². The summed E-state index contributed by atoms with van der Waals surface area (Å²) in [5.74, 6) is 0.795. The molecule has 0 atom stereocenters. The standard InChI is InChI=1S/C18H28N2O4S/c1-3-5-6-18(21)19-11-13-20(14-12-19)25(22,23)17-9-7-16(8-10-17)24-15-4-2/h7-10H,3-6,11-15H2,1-2H3. The van der Waals surface area contributed by atoms with Crippen molar-refractivity contribution in [1.82, 2.24) is 9.21 Å². The van der Waals surface area contributed by atoms with Gasteiger partial charge in [0.1, 0.15) is 5.75 Å². The van der Waals surface area contributed by atoms with Gasteiger partial charge >= 0.3 is 0 Å². The zero-order valence-electron chi connectivity index (χ0n) is 15.1. The van der Waals surface area contributed by atoms with Gasteiger partial charge in [0.05, 0.1) is 11.5 Å². The smallest absolute Gasteiger partial charge is 0.243 e. The van der Waals surface area contributed by atoms with E-state index in [-0.39, 0.29) is 10.8 Å². The lowest BCUT2D eigenvalue weighted by atomic mass is 10.2. The Labute approximate surface area is 150 Å². The van der Waals surface area contributed by atoms with Crippen LogP contribution in [0.15, 0.2) is 29.2 Å². The Hall–Kier alpha value is -1.60. The molecule has 0 spiro atoms. The Morgan fingerprint density at radius 2 is 1.68 bits per heavy atom. The SMILES string of the molecule is CCCCC(=O)N1CCN(S(=O)(=O)c2ccc(OCCC)cc2)CC1. The zero-order chi connectivity index (χ0) is 18.3. The van der Waals surface area contributed by atoms with E-state index in [0.717, 1.165) is 19.3 Å². The highest BCUT2D eigenvalue weighted by Gasteiger charge is 2.29. The van der Waals surface area contributed by atoms with Crippen molar-refractivity contribution in [3.8, 4) is 5.75 Å². The van der Waals surface area contributed by atoms with E-state index in [9.17, 15) is 13.2 Å². The highest BCUT2D eigenvalue weighted by molar-refractivity contribution is 7.89. The molecule has 6 nitrogen and oxygen atoms in total. The first-order chi connectivity index (χ1) is 12.0. The summed E-state index contributed by atoms with van der Waals surface area (Å²) in [4.78, 5) is 14.1. The van der Waals surface area contributed by atoms with E-state index in [2.05, 4.69) is 6.92 Å². The number of carbonyl (C=O) groups excluding carboxylic acids is 1. The summed E-state index contributed by atoms with van der Waals surface area (Å²) in [6.45, 7) is 6.28. The Morgan fingerprint density at radius 3 is 2.24 bits per heavy atom. The van der Waals surface area contributed by atoms with Crippen LogP contribution in [-0.2, 0) is 14.8 Å². The van der Waals surface area contributed by atoms with Crippen molar-refractivity contribution in [2.75, 3.05) is 32.8 Å². The molecule has 0 radical (unpaired) electrons. The molecular weight excluding hydrogens is 340 g/mol.